The molecule has 21 heavy (non-hydrogen) atoms. The number of rotatable bonds is 2. The number of benzene rings is 2. The van der Waals surface area contributed by atoms with Gasteiger partial charge in [-0.15, -0.1) is 0 Å². The van der Waals surface area contributed by atoms with E-state index in [9.17, 15) is 9.90 Å². The van der Waals surface area contributed by atoms with Gasteiger partial charge in [-0.2, -0.15) is 0 Å². The molecule has 0 fully saturated rings. The highest BCUT2D eigenvalue weighted by molar-refractivity contribution is 6.01. The van der Waals surface area contributed by atoms with Crippen LogP contribution < -0.4 is 0 Å². The maximum atomic E-state index is 12.6. The van der Waals surface area contributed by atoms with Crippen molar-refractivity contribution >= 4 is 22.3 Å². The first kappa shape index (κ1) is 13.2. The second kappa shape index (κ2) is 4.94. The van der Waals surface area contributed by atoms with Crippen molar-refractivity contribution in [2.75, 3.05) is 0 Å². The van der Waals surface area contributed by atoms with Crippen LogP contribution >= 0.6 is 0 Å². The molecule has 0 aliphatic carbocycles. The first-order chi connectivity index (χ1) is 10.1. The molecule has 0 aliphatic heterocycles. The Morgan fingerprint density at radius 1 is 1.10 bits per heavy atom. The van der Waals surface area contributed by atoms with Crippen molar-refractivity contribution in [3.05, 3.63) is 72.6 Å². The van der Waals surface area contributed by atoms with Gasteiger partial charge in [0.05, 0.1) is 5.56 Å². The van der Waals surface area contributed by atoms with Crippen molar-refractivity contribution < 1.29 is 9.90 Å². The lowest BCUT2D eigenvalue weighted by Gasteiger charge is -2.07. The van der Waals surface area contributed by atoms with Crippen LogP contribution in [0.25, 0.3) is 16.3 Å². The Labute approximate surface area is 122 Å². The summed E-state index contributed by atoms with van der Waals surface area (Å²) < 4.78 is 1.50. The Kier molecular flexibility index (Phi) is 3.10. The van der Waals surface area contributed by atoms with Crippen molar-refractivity contribution in [3.8, 4) is 5.75 Å². The Balaban J connectivity index is 2.09. The van der Waals surface area contributed by atoms with Gasteiger partial charge in [0.25, 0.3) is 5.91 Å². The molecule has 0 bridgehead atoms. The lowest BCUT2D eigenvalue weighted by Crippen LogP contribution is -2.10. The van der Waals surface area contributed by atoms with Crippen molar-refractivity contribution in [1.29, 1.82) is 0 Å². The fourth-order valence-electron chi connectivity index (χ4n) is 2.31. The van der Waals surface area contributed by atoms with E-state index in [1.54, 1.807) is 24.5 Å². The smallest absolute Gasteiger partial charge is 0.265 e. The number of aromatic hydroxyl groups is 1. The van der Waals surface area contributed by atoms with Gasteiger partial charge in [0.15, 0.2) is 0 Å². The molecular weight excluding hydrogens is 262 g/mol. The van der Waals surface area contributed by atoms with Crippen molar-refractivity contribution in [1.82, 2.24) is 4.57 Å². The molecular formula is C18H15NO2. The minimum absolute atomic E-state index is 0.0252. The van der Waals surface area contributed by atoms with Gasteiger partial charge in [0, 0.05) is 12.4 Å². The van der Waals surface area contributed by atoms with Crippen LogP contribution in [0.3, 0.4) is 0 Å². The number of hydrogen-bond donors (Lipinski definition) is 1. The van der Waals surface area contributed by atoms with Crippen LogP contribution in [0.1, 0.15) is 22.8 Å². The predicted octanol–water partition coefficient (Wildman–Crippen LogP) is 4.07. The van der Waals surface area contributed by atoms with Crippen molar-refractivity contribution in [3.63, 3.8) is 0 Å². The van der Waals surface area contributed by atoms with E-state index in [4.69, 9.17) is 0 Å². The zero-order valence-corrected chi connectivity index (χ0v) is 11.7. The molecule has 3 rings (SSSR count). The van der Waals surface area contributed by atoms with E-state index in [2.05, 4.69) is 6.58 Å². The van der Waals surface area contributed by atoms with Gasteiger partial charge < -0.3 is 5.11 Å². The van der Waals surface area contributed by atoms with E-state index in [0.717, 1.165) is 21.9 Å². The molecule has 0 aliphatic rings. The van der Waals surface area contributed by atoms with E-state index in [1.807, 2.05) is 31.2 Å². The van der Waals surface area contributed by atoms with Gasteiger partial charge in [-0.05, 0) is 35.4 Å². The first-order valence-electron chi connectivity index (χ1n) is 6.66. The molecule has 2 aromatic carbocycles. The van der Waals surface area contributed by atoms with Gasteiger partial charge in [-0.25, -0.2) is 0 Å². The lowest BCUT2D eigenvalue weighted by molar-refractivity contribution is 0.0958. The molecule has 0 atom stereocenters. The number of carbonyl (C=O) groups excluding carboxylic acids is 1. The molecule has 3 heteroatoms. The first-order valence-corrected chi connectivity index (χ1v) is 6.66. The maximum absolute atomic E-state index is 12.6. The summed E-state index contributed by atoms with van der Waals surface area (Å²) in [5.41, 5.74) is 1.96. The second-order valence-electron chi connectivity index (χ2n) is 5.11. The summed E-state index contributed by atoms with van der Waals surface area (Å²) in [6.07, 6.45) is 3.54. The number of nitrogens with zero attached hydrogens (tertiary/aromatic N) is 1. The maximum Gasteiger partial charge on any atom is 0.265 e. The normalized spacial score (nSPS) is 10.7. The van der Waals surface area contributed by atoms with Crippen LogP contribution in [0.4, 0.5) is 0 Å². The topological polar surface area (TPSA) is 42.2 Å². The van der Waals surface area contributed by atoms with Crippen LogP contribution in [0.15, 0.2) is 61.4 Å². The van der Waals surface area contributed by atoms with Crippen LogP contribution in [0.2, 0.25) is 0 Å². The van der Waals surface area contributed by atoms with Crippen molar-refractivity contribution in [2.24, 2.45) is 0 Å². The summed E-state index contributed by atoms with van der Waals surface area (Å²) in [4.78, 5) is 12.6. The molecule has 1 heterocycles. The Morgan fingerprint density at radius 2 is 1.71 bits per heavy atom. The molecule has 3 nitrogen and oxygen atoms in total. The quantitative estimate of drug-likeness (QED) is 0.767. The Bertz CT molecular complexity index is 826. The largest absolute Gasteiger partial charge is 0.507 e. The Morgan fingerprint density at radius 3 is 2.29 bits per heavy atom. The van der Waals surface area contributed by atoms with E-state index >= 15 is 0 Å². The van der Waals surface area contributed by atoms with E-state index in [0.29, 0.717) is 0 Å². The summed E-state index contributed by atoms with van der Waals surface area (Å²) in [5.74, 6) is -0.283. The predicted molar refractivity (Wildman–Crippen MR) is 84.5 cm³/mol. The van der Waals surface area contributed by atoms with Crippen molar-refractivity contribution in [2.45, 2.75) is 6.92 Å². The van der Waals surface area contributed by atoms with Gasteiger partial charge >= 0.3 is 0 Å². The monoisotopic (exact) mass is 277 g/mol. The highest BCUT2D eigenvalue weighted by atomic mass is 16.3. The van der Waals surface area contributed by atoms with Gasteiger partial charge in [-0.1, -0.05) is 42.5 Å². The number of phenolic OH excluding ortho intramolecular Hbond substituents is 1. The molecule has 0 amide bonds. The number of allylic oxidation sites excluding steroid dienone is 1. The molecule has 0 saturated carbocycles. The van der Waals surface area contributed by atoms with Crippen LogP contribution in [0, 0.1) is 0 Å². The highest BCUT2D eigenvalue weighted by Crippen LogP contribution is 2.24. The van der Waals surface area contributed by atoms with E-state index in [-0.39, 0.29) is 17.2 Å². The molecule has 3 aromatic rings. The number of carbonyl (C=O) groups is 1. The third-order valence-electron chi connectivity index (χ3n) is 3.51. The van der Waals surface area contributed by atoms with Crippen LogP contribution in [-0.2, 0) is 0 Å². The minimum atomic E-state index is -0.258. The number of hydrogen-bond acceptors (Lipinski definition) is 2. The third-order valence-corrected chi connectivity index (χ3v) is 3.51. The molecule has 0 radical (unpaired) electrons. The molecule has 0 saturated heterocycles. The fourth-order valence-corrected chi connectivity index (χ4v) is 2.31. The number of phenols is 1. The molecule has 104 valence electrons. The summed E-state index contributed by atoms with van der Waals surface area (Å²) in [6, 6.07) is 12.7. The van der Waals surface area contributed by atoms with Crippen LogP contribution in [0.5, 0.6) is 5.75 Å². The molecule has 0 unspecified atom stereocenters. The third kappa shape index (κ3) is 2.34. The van der Waals surface area contributed by atoms with Gasteiger partial charge in [0.1, 0.15) is 5.75 Å². The molecule has 1 N–H and O–H groups in total. The lowest BCUT2D eigenvalue weighted by atomic mass is 10.0. The summed E-state index contributed by atoms with van der Waals surface area (Å²) in [5, 5.41) is 11.9. The standard InChI is InChI=1S/C18H15NO2/c1-12(2)13-7-8-17(20)16(9-13)18(21)19-10-14-5-3-4-6-15(14)11-19/h3-11,20H,1H2,2H3. The second-order valence-corrected chi connectivity index (χ2v) is 5.11. The van der Waals surface area contributed by atoms with Gasteiger partial charge in [0.2, 0.25) is 0 Å². The molecule has 0 spiro atoms. The van der Waals surface area contributed by atoms with Gasteiger partial charge in [-0.3, -0.25) is 9.36 Å². The zero-order chi connectivity index (χ0) is 15.0. The fraction of sp³-hybridized carbons (Fsp3) is 0.0556. The number of fused-ring (bicyclic) bond motifs is 1. The SMILES string of the molecule is C=C(C)c1ccc(O)c(C(=O)n2cc3ccccc3c2)c1. The minimum Gasteiger partial charge on any atom is -0.507 e. The summed E-state index contributed by atoms with van der Waals surface area (Å²) in [7, 11) is 0. The number of aromatic nitrogens is 1. The summed E-state index contributed by atoms with van der Waals surface area (Å²) >= 11 is 0. The summed E-state index contributed by atoms with van der Waals surface area (Å²) in [6.45, 7) is 5.73. The Hall–Kier alpha value is -2.81. The zero-order valence-electron chi connectivity index (χ0n) is 11.7. The highest BCUT2D eigenvalue weighted by Gasteiger charge is 2.14. The van der Waals surface area contributed by atoms with E-state index in [1.165, 1.54) is 10.6 Å². The van der Waals surface area contributed by atoms with E-state index < -0.39 is 0 Å². The average Bonchev–Trinajstić information content (AvgIpc) is 2.90. The molecule has 1 aromatic heterocycles. The average molecular weight is 277 g/mol. The van der Waals surface area contributed by atoms with Crippen LogP contribution in [-0.4, -0.2) is 15.6 Å².